The number of aliphatic carboxylic acids is 1. The molecule has 1 heterocycles. The highest BCUT2D eigenvalue weighted by atomic mass is 31.2. The number of hydrogen-bond donors (Lipinski definition) is 2. The summed E-state index contributed by atoms with van der Waals surface area (Å²) in [5.41, 5.74) is 2.76. The third-order valence-electron chi connectivity index (χ3n) is 5.69. The van der Waals surface area contributed by atoms with E-state index in [-0.39, 0.29) is 43.3 Å². The number of carboxylic acids is 1. The maximum atomic E-state index is 12.0. The fraction of sp³-hybridized carbons (Fsp3) is 0.478. The normalized spacial score (nSPS) is 14.9. The van der Waals surface area contributed by atoms with Crippen LogP contribution in [0.5, 0.6) is 11.5 Å². The van der Waals surface area contributed by atoms with E-state index in [1.54, 1.807) is 19.1 Å². The molecule has 2 rings (SSSR count). The van der Waals surface area contributed by atoms with Crippen LogP contribution in [0.25, 0.3) is 0 Å². The SMILES string of the molecule is COc1c(C)c2c(c(O)c1C/C=C(\C)CC(C/C=C/CP(=O)(OC)OC)C(=O)O)C(=O)OC2. The number of aromatic hydroxyl groups is 1. The molecule has 182 valence electrons. The highest BCUT2D eigenvalue weighted by molar-refractivity contribution is 7.54. The Bertz CT molecular complexity index is 1000. The Labute approximate surface area is 193 Å². The number of hydrogen-bond acceptors (Lipinski definition) is 8. The summed E-state index contributed by atoms with van der Waals surface area (Å²) in [6.45, 7) is 3.71. The van der Waals surface area contributed by atoms with Crippen LogP contribution in [0.3, 0.4) is 0 Å². The molecule has 2 N–H and O–H groups in total. The number of carbonyl (C=O) groups is 2. The van der Waals surface area contributed by atoms with Gasteiger partial charge in [0.05, 0.1) is 19.2 Å². The molecule has 1 unspecified atom stereocenters. The average molecular weight is 482 g/mol. The van der Waals surface area contributed by atoms with Crippen LogP contribution in [0.4, 0.5) is 0 Å². The maximum absolute atomic E-state index is 12.0. The highest BCUT2D eigenvalue weighted by Crippen LogP contribution is 2.46. The van der Waals surface area contributed by atoms with Crippen LogP contribution in [0.2, 0.25) is 0 Å². The van der Waals surface area contributed by atoms with Crippen molar-refractivity contribution in [1.82, 2.24) is 0 Å². The second kappa shape index (κ2) is 11.5. The van der Waals surface area contributed by atoms with Gasteiger partial charge in [-0.15, -0.1) is 0 Å². The molecule has 1 aliphatic rings. The lowest BCUT2D eigenvalue weighted by Crippen LogP contribution is -2.13. The molecule has 9 nitrogen and oxygen atoms in total. The molecule has 0 bridgehead atoms. The number of benzene rings is 1. The molecular weight excluding hydrogens is 451 g/mol. The molecule has 0 saturated heterocycles. The Hall–Kier alpha value is -2.61. The van der Waals surface area contributed by atoms with Gasteiger partial charge < -0.3 is 28.7 Å². The second-order valence-corrected chi connectivity index (χ2v) is 10.1. The maximum Gasteiger partial charge on any atom is 0.342 e. The Kier molecular flexibility index (Phi) is 9.28. The van der Waals surface area contributed by atoms with Crippen molar-refractivity contribution < 1.29 is 42.9 Å². The van der Waals surface area contributed by atoms with Gasteiger partial charge in [0, 0.05) is 25.3 Å². The van der Waals surface area contributed by atoms with Crippen LogP contribution in [0.15, 0.2) is 23.8 Å². The topological polar surface area (TPSA) is 129 Å². The van der Waals surface area contributed by atoms with E-state index >= 15 is 0 Å². The first kappa shape index (κ1) is 26.6. The van der Waals surface area contributed by atoms with Crippen molar-refractivity contribution in [2.24, 2.45) is 5.92 Å². The van der Waals surface area contributed by atoms with Crippen LogP contribution < -0.4 is 4.74 Å². The minimum atomic E-state index is -3.18. The van der Waals surface area contributed by atoms with Crippen molar-refractivity contribution in [1.29, 1.82) is 0 Å². The smallest absolute Gasteiger partial charge is 0.342 e. The van der Waals surface area contributed by atoms with E-state index < -0.39 is 25.5 Å². The number of phenolic OH excluding ortho intramolecular Hbond substituents is 1. The Morgan fingerprint density at radius 2 is 1.91 bits per heavy atom. The molecule has 1 aromatic rings. The summed E-state index contributed by atoms with van der Waals surface area (Å²) in [5.74, 6) is -1.90. The van der Waals surface area contributed by atoms with E-state index in [0.29, 0.717) is 16.9 Å². The zero-order valence-electron chi connectivity index (χ0n) is 19.5. The van der Waals surface area contributed by atoms with Crippen molar-refractivity contribution in [3.8, 4) is 11.5 Å². The standard InChI is InChI=1S/C23H31O9P/c1-14(12-16(22(25)26)8-6-7-11-33(28,30-4)31-5)9-10-17-20(24)19-18(13-32-23(19)27)15(2)21(17)29-3/h6-7,9,16,24H,8,10-13H2,1-5H3,(H,25,26)/b7-6+,14-9+. The monoisotopic (exact) mass is 482 g/mol. The number of fused-ring (bicyclic) bond motifs is 1. The summed E-state index contributed by atoms with van der Waals surface area (Å²) in [7, 11) is 0.905. The molecule has 0 radical (unpaired) electrons. The van der Waals surface area contributed by atoms with Crippen molar-refractivity contribution in [3.05, 3.63) is 46.1 Å². The first-order valence-corrected chi connectivity index (χ1v) is 12.1. The molecular formula is C23H31O9P. The Morgan fingerprint density at radius 1 is 1.24 bits per heavy atom. The van der Waals surface area contributed by atoms with Crippen LogP contribution in [0, 0.1) is 12.8 Å². The van der Waals surface area contributed by atoms with E-state index in [1.807, 2.05) is 13.0 Å². The lowest BCUT2D eigenvalue weighted by molar-refractivity contribution is -0.141. The van der Waals surface area contributed by atoms with Crippen LogP contribution in [0.1, 0.15) is 46.8 Å². The molecule has 0 saturated carbocycles. The van der Waals surface area contributed by atoms with Crippen LogP contribution in [-0.2, 0) is 36.2 Å². The summed E-state index contributed by atoms with van der Waals surface area (Å²) < 4.78 is 32.3. The third-order valence-corrected chi connectivity index (χ3v) is 7.46. The molecule has 0 amide bonds. The fourth-order valence-corrected chi connectivity index (χ4v) is 4.59. The number of ether oxygens (including phenoxy) is 2. The largest absolute Gasteiger partial charge is 0.507 e. The number of cyclic esters (lactones) is 1. The summed E-state index contributed by atoms with van der Waals surface area (Å²) >= 11 is 0. The third kappa shape index (κ3) is 6.25. The predicted molar refractivity (Wildman–Crippen MR) is 122 cm³/mol. The Balaban J connectivity index is 2.15. The molecule has 10 heteroatoms. The molecule has 0 spiro atoms. The van der Waals surface area contributed by atoms with Gasteiger partial charge in [-0.1, -0.05) is 23.8 Å². The summed E-state index contributed by atoms with van der Waals surface area (Å²) in [5, 5.41) is 20.3. The number of phenols is 1. The van der Waals surface area contributed by atoms with E-state index in [0.717, 1.165) is 11.1 Å². The lowest BCUT2D eigenvalue weighted by atomic mass is 9.93. The zero-order valence-corrected chi connectivity index (χ0v) is 20.4. The molecule has 0 aromatic heterocycles. The van der Waals surface area contributed by atoms with Crippen molar-refractivity contribution in [2.45, 2.75) is 39.7 Å². The van der Waals surface area contributed by atoms with E-state index in [9.17, 15) is 24.4 Å². The van der Waals surface area contributed by atoms with Crippen LogP contribution in [-0.4, -0.2) is 49.6 Å². The number of carboxylic acid groups (broad SMARTS) is 1. The lowest BCUT2D eigenvalue weighted by Gasteiger charge is -2.16. The number of esters is 1. The number of allylic oxidation sites excluding steroid dienone is 4. The summed E-state index contributed by atoms with van der Waals surface area (Å²) in [4.78, 5) is 23.7. The molecule has 0 fully saturated rings. The molecule has 1 aliphatic heterocycles. The van der Waals surface area contributed by atoms with E-state index in [4.69, 9.17) is 18.5 Å². The van der Waals surface area contributed by atoms with Gasteiger partial charge in [0.1, 0.15) is 23.7 Å². The molecule has 1 atom stereocenters. The minimum Gasteiger partial charge on any atom is -0.507 e. The first-order chi connectivity index (χ1) is 15.6. The van der Waals surface area contributed by atoms with Crippen molar-refractivity contribution >= 4 is 19.5 Å². The quantitative estimate of drug-likeness (QED) is 0.253. The van der Waals surface area contributed by atoms with Gasteiger partial charge in [-0.05, 0) is 38.7 Å². The Morgan fingerprint density at radius 3 is 2.48 bits per heavy atom. The first-order valence-electron chi connectivity index (χ1n) is 10.4. The average Bonchev–Trinajstić information content (AvgIpc) is 3.18. The van der Waals surface area contributed by atoms with Gasteiger partial charge in [0.2, 0.25) is 0 Å². The fourth-order valence-electron chi connectivity index (χ4n) is 3.74. The van der Waals surface area contributed by atoms with Crippen LogP contribution >= 0.6 is 7.60 Å². The van der Waals surface area contributed by atoms with Crippen molar-refractivity contribution in [3.63, 3.8) is 0 Å². The van der Waals surface area contributed by atoms with E-state index in [1.165, 1.54) is 21.3 Å². The predicted octanol–water partition coefficient (Wildman–Crippen LogP) is 4.39. The van der Waals surface area contributed by atoms with Gasteiger partial charge in [-0.25, -0.2) is 4.79 Å². The zero-order chi connectivity index (χ0) is 24.8. The molecule has 33 heavy (non-hydrogen) atoms. The summed E-state index contributed by atoms with van der Waals surface area (Å²) in [6.07, 6.45) is 5.90. The number of carbonyl (C=O) groups excluding carboxylic acids is 1. The highest BCUT2D eigenvalue weighted by Gasteiger charge is 2.32. The van der Waals surface area contributed by atoms with Gasteiger partial charge in [-0.3, -0.25) is 9.36 Å². The van der Waals surface area contributed by atoms with Crippen molar-refractivity contribution in [2.75, 3.05) is 27.5 Å². The molecule has 1 aromatic carbocycles. The van der Waals surface area contributed by atoms with E-state index in [2.05, 4.69) is 0 Å². The van der Waals surface area contributed by atoms with Gasteiger partial charge in [0.15, 0.2) is 0 Å². The van der Waals surface area contributed by atoms with Gasteiger partial charge in [-0.2, -0.15) is 0 Å². The van der Waals surface area contributed by atoms with Gasteiger partial charge in [0.25, 0.3) is 0 Å². The summed E-state index contributed by atoms with van der Waals surface area (Å²) in [6, 6.07) is 0. The second-order valence-electron chi connectivity index (χ2n) is 7.77. The molecule has 0 aliphatic carbocycles. The number of rotatable bonds is 12. The minimum absolute atomic E-state index is 0.0559. The van der Waals surface area contributed by atoms with Gasteiger partial charge >= 0.3 is 19.5 Å². The number of methoxy groups -OCH3 is 1.